The standard InChI is InChI=1S/C20H25F2N3O3S/c1-23-20(24-10-14-4-7-19(22)17(8-14)12-28-2)25-11-16-9-18(21)6-5-15(16)13-29(3,26)27/h4-9H,10-13H2,1-3H3,(H2,23,24,25). The highest BCUT2D eigenvalue weighted by molar-refractivity contribution is 7.89. The maximum atomic E-state index is 13.7. The maximum absolute atomic E-state index is 13.7. The quantitative estimate of drug-likeness (QED) is 0.502. The lowest BCUT2D eigenvalue weighted by atomic mass is 10.1. The van der Waals surface area contributed by atoms with E-state index in [0.29, 0.717) is 29.2 Å². The van der Waals surface area contributed by atoms with Crippen LogP contribution in [0.3, 0.4) is 0 Å². The number of benzene rings is 2. The third-order valence-corrected chi connectivity index (χ3v) is 4.96. The minimum Gasteiger partial charge on any atom is -0.380 e. The van der Waals surface area contributed by atoms with Gasteiger partial charge in [0.25, 0.3) is 0 Å². The van der Waals surface area contributed by atoms with E-state index in [9.17, 15) is 17.2 Å². The number of guanidine groups is 1. The van der Waals surface area contributed by atoms with Crippen molar-refractivity contribution in [3.05, 3.63) is 70.3 Å². The van der Waals surface area contributed by atoms with Crippen LogP contribution in [-0.4, -0.2) is 34.8 Å². The summed E-state index contributed by atoms with van der Waals surface area (Å²) in [6, 6.07) is 8.76. The number of hydrogen-bond acceptors (Lipinski definition) is 4. The lowest BCUT2D eigenvalue weighted by Crippen LogP contribution is -2.36. The van der Waals surface area contributed by atoms with E-state index in [2.05, 4.69) is 15.6 Å². The number of rotatable bonds is 8. The van der Waals surface area contributed by atoms with Crippen LogP contribution >= 0.6 is 0 Å². The molecular formula is C20H25F2N3O3S. The Morgan fingerprint density at radius 3 is 2.41 bits per heavy atom. The van der Waals surface area contributed by atoms with Crippen molar-refractivity contribution in [2.75, 3.05) is 20.4 Å². The van der Waals surface area contributed by atoms with Gasteiger partial charge >= 0.3 is 0 Å². The molecule has 2 N–H and O–H groups in total. The molecule has 0 unspecified atom stereocenters. The van der Waals surface area contributed by atoms with Gasteiger partial charge in [0.15, 0.2) is 15.8 Å². The second-order valence-electron chi connectivity index (χ2n) is 6.62. The molecule has 0 fully saturated rings. The molecular weight excluding hydrogens is 400 g/mol. The minimum absolute atomic E-state index is 0.172. The van der Waals surface area contributed by atoms with Crippen LogP contribution in [0.1, 0.15) is 22.3 Å². The van der Waals surface area contributed by atoms with Gasteiger partial charge in [0.05, 0.1) is 12.4 Å². The highest BCUT2D eigenvalue weighted by atomic mass is 32.2. The first-order valence-corrected chi connectivity index (χ1v) is 10.9. The molecule has 0 aliphatic carbocycles. The number of nitrogens with one attached hydrogen (secondary N) is 2. The maximum Gasteiger partial charge on any atom is 0.191 e. The third-order valence-electron chi connectivity index (χ3n) is 4.13. The van der Waals surface area contributed by atoms with Crippen molar-refractivity contribution in [1.82, 2.24) is 10.6 Å². The molecule has 9 heteroatoms. The van der Waals surface area contributed by atoms with Crippen molar-refractivity contribution in [3.8, 4) is 0 Å². The molecule has 6 nitrogen and oxygen atoms in total. The van der Waals surface area contributed by atoms with Crippen LogP contribution < -0.4 is 10.6 Å². The summed E-state index contributed by atoms with van der Waals surface area (Å²) in [5.74, 6) is -0.507. The first-order valence-electron chi connectivity index (χ1n) is 8.87. The number of halogens is 2. The minimum atomic E-state index is -3.25. The Balaban J connectivity index is 2.03. The van der Waals surface area contributed by atoms with Crippen molar-refractivity contribution in [2.45, 2.75) is 25.4 Å². The number of methoxy groups -OCH3 is 1. The summed E-state index contributed by atoms with van der Waals surface area (Å²) in [7, 11) is -0.169. The fraction of sp³-hybridized carbons (Fsp3) is 0.350. The molecule has 158 valence electrons. The Hall–Kier alpha value is -2.52. The molecule has 0 atom stereocenters. The van der Waals surface area contributed by atoms with Crippen LogP contribution in [0.5, 0.6) is 0 Å². The lowest BCUT2D eigenvalue weighted by Gasteiger charge is -2.15. The SMILES string of the molecule is CN=C(NCc1ccc(F)c(COC)c1)NCc1cc(F)ccc1CS(C)(=O)=O. The summed E-state index contributed by atoms with van der Waals surface area (Å²) in [5, 5.41) is 6.13. The predicted molar refractivity (Wildman–Crippen MR) is 109 cm³/mol. The highest BCUT2D eigenvalue weighted by Crippen LogP contribution is 2.15. The van der Waals surface area contributed by atoms with Gasteiger partial charge in [0.2, 0.25) is 0 Å². The summed E-state index contributed by atoms with van der Waals surface area (Å²) in [5.41, 5.74) is 2.35. The van der Waals surface area contributed by atoms with E-state index in [1.807, 2.05) is 0 Å². The van der Waals surface area contributed by atoms with Crippen molar-refractivity contribution < 1.29 is 21.9 Å². The second-order valence-corrected chi connectivity index (χ2v) is 8.76. The van der Waals surface area contributed by atoms with Gasteiger partial charge in [-0.15, -0.1) is 0 Å². The summed E-state index contributed by atoms with van der Waals surface area (Å²) in [4.78, 5) is 4.10. The number of sulfone groups is 1. The molecule has 0 heterocycles. The normalized spacial score (nSPS) is 12.1. The Morgan fingerprint density at radius 2 is 1.76 bits per heavy atom. The molecule has 0 spiro atoms. The van der Waals surface area contributed by atoms with Crippen molar-refractivity contribution >= 4 is 15.8 Å². The van der Waals surface area contributed by atoms with E-state index in [-0.39, 0.29) is 24.7 Å². The molecule has 0 saturated carbocycles. The molecule has 0 amide bonds. The summed E-state index contributed by atoms with van der Waals surface area (Å²) in [6.07, 6.45) is 1.13. The summed E-state index contributed by atoms with van der Waals surface area (Å²) < 4.78 is 55.5. The monoisotopic (exact) mass is 425 g/mol. The summed E-state index contributed by atoms with van der Waals surface area (Å²) in [6.45, 7) is 0.756. The number of ether oxygens (including phenoxy) is 1. The zero-order valence-electron chi connectivity index (χ0n) is 16.6. The number of hydrogen-bond donors (Lipinski definition) is 2. The van der Waals surface area contributed by atoms with Crippen LogP contribution in [0.25, 0.3) is 0 Å². The van der Waals surface area contributed by atoms with Gasteiger partial charge < -0.3 is 15.4 Å². The van der Waals surface area contributed by atoms with Crippen molar-refractivity contribution in [2.24, 2.45) is 4.99 Å². The highest BCUT2D eigenvalue weighted by Gasteiger charge is 2.11. The third kappa shape index (κ3) is 7.43. The number of nitrogens with zero attached hydrogens (tertiary/aromatic N) is 1. The van der Waals surface area contributed by atoms with E-state index < -0.39 is 15.7 Å². The first-order chi connectivity index (χ1) is 13.7. The van der Waals surface area contributed by atoms with Crippen LogP contribution in [0.15, 0.2) is 41.4 Å². The van der Waals surface area contributed by atoms with Crippen molar-refractivity contribution in [1.29, 1.82) is 0 Å². The Morgan fingerprint density at radius 1 is 1.03 bits per heavy atom. The average molecular weight is 426 g/mol. The van der Waals surface area contributed by atoms with Gasteiger partial charge in [-0.25, -0.2) is 17.2 Å². The van der Waals surface area contributed by atoms with Crippen LogP contribution in [0, 0.1) is 11.6 Å². The lowest BCUT2D eigenvalue weighted by molar-refractivity contribution is 0.181. The molecule has 0 saturated heterocycles. The smallest absolute Gasteiger partial charge is 0.191 e. The molecule has 2 aromatic rings. The number of aliphatic imine (C=N–C) groups is 1. The fourth-order valence-electron chi connectivity index (χ4n) is 2.77. The molecule has 0 radical (unpaired) electrons. The van der Waals surface area contributed by atoms with Crippen molar-refractivity contribution in [3.63, 3.8) is 0 Å². The Bertz CT molecular complexity index is 979. The van der Waals surface area contributed by atoms with Gasteiger partial charge in [-0.1, -0.05) is 12.1 Å². The zero-order valence-corrected chi connectivity index (χ0v) is 17.4. The van der Waals surface area contributed by atoms with Gasteiger partial charge in [0.1, 0.15) is 11.6 Å². The average Bonchev–Trinajstić information content (AvgIpc) is 2.65. The fourth-order valence-corrected chi connectivity index (χ4v) is 3.62. The Kier molecular flexibility index (Phi) is 8.10. The van der Waals surface area contributed by atoms with E-state index in [1.165, 1.54) is 31.4 Å². The predicted octanol–water partition coefficient (Wildman–Crippen LogP) is 2.52. The largest absolute Gasteiger partial charge is 0.380 e. The van der Waals surface area contributed by atoms with Gasteiger partial charge in [-0.3, -0.25) is 4.99 Å². The van der Waals surface area contributed by atoms with E-state index in [4.69, 9.17) is 4.74 Å². The first kappa shape index (κ1) is 22.8. The molecule has 29 heavy (non-hydrogen) atoms. The summed E-state index contributed by atoms with van der Waals surface area (Å²) >= 11 is 0. The van der Waals surface area contributed by atoms with Crippen LogP contribution in [0.4, 0.5) is 8.78 Å². The van der Waals surface area contributed by atoms with E-state index >= 15 is 0 Å². The van der Waals surface area contributed by atoms with Gasteiger partial charge in [-0.2, -0.15) is 0 Å². The zero-order chi connectivity index (χ0) is 21.4. The molecule has 0 aromatic heterocycles. The topological polar surface area (TPSA) is 79.8 Å². The van der Waals surface area contributed by atoms with E-state index in [1.54, 1.807) is 19.2 Å². The molecule has 0 bridgehead atoms. The van der Waals surface area contributed by atoms with Gasteiger partial charge in [0, 0.05) is 39.1 Å². The van der Waals surface area contributed by atoms with E-state index in [0.717, 1.165) is 11.8 Å². The van der Waals surface area contributed by atoms with Crippen LogP contribution in [-0.2, 0) is 40.0 Å². The van der Waals surface area contributed by atoms with Crippen LogP contribution in [0.2, 0.25) is 0 Å². The molecule has 0 aliphatic rings. The molecule has 0 aliphatic heterocycles. The Labute approximate surface area is 169 Å². The molecule has 2 rings (SSSR count). The van der Waals surface area contributed by atoms with Gasteiger partial charge in [-0.05, 0) is 41.0 Å². The molecule has 2 aromatic carbocycles. The second kappa shape index (κ2) is 10.3.